The van der Waals surface area contributed by atoms with Gasteiger partial charge in [0.05, 0.1) is 17.9 Å². The maximum atomic E-state index is 13.4. The zero-order valence-corrected chi connectivity index (χ0v) is 18.0. The molecule has 30 heavy (non-hydrogen) atoms. The van der Waals surface area contributed by atoms with Crippen molar-refractivity contribution in [1.82, 2.24) is 34.6 Å². The van der Waals surface area contributed by atoms with E-state index in [0.29, 0.717) is 39.7 Å². The lowest BCUT2D eigenvalue weighted by Gasteiger charge is -2.18. The van der Waals surface area contributed by atoms with Gasteiger partial charge in [-0.15, -0.1) is 0 Å². The van der Waals surface area contributed by atoms with Gasteiger partial charge in [0, 0.05) is 41.8 Å². The lowest BCUT2D eigenvalue weighted by Crippen LogP contribution is -2.27. The lowest BCUT2D eigenvalue weighted by molar-refractivity contribution is 0.0781. The zero-order valence-electron chi connectivity index (χ0n) is 17.3. The summed E-state index contributed by atoms with van der Waals surface area (Å²) in [5, 5.41) is 5.49. The van der Waals surface area contributed by atoms with Crippen LogP contribution >= 0.6 is 11.6 Å². The monoisotopic (exact) mass is 423 g/mol. The minimum Gasteiger partial charge on any atom is -0.340 e. The number of hydrogen-bond acceptors (Lipinski definition) is 5. The predicted molar refractivity (Wildman–Crippen MR) is 115 cm³/mol. The second-order valence-electron chi connectivity index (χ2n) is 7.17. The van der Waals surface area contributed by atoms with Crippen LogP contribution < -0.4 is 0 Å². The summed E-state index contributed by atoms with van der Waals surface area (Å²) in [5.74, 6) is 0.946. The number of benzene rings is 1. The highest BCUT2D eigenvalue weighted by atomic mass is 35.5. The van der Waals surface area contributed by atoms with Crippen LogP contribution in [0.4, 0.5) is 0 Å². The summed E-state index contributed by atoms with van der Waals surface area (Å²) in [6.07, 6.45) is 3.46. The number of aryl methyl sites for hydroxylation is 2. The Morgan fingerprint density at radius 2 is 2.03 bits per heavy atom. The smallest absolute Gasteiger partial charge is 0.273 e. The fourth-order valence-corrected chi connectivity index (χ4v) is 3.56. The van der Waals surface area contributed by atoms with E-state index in [1.165, 1.54) is 0 Å². The topological polar surface area (TPSA) is 92.6 Å². The van der Waals surface area contributed by atoms with Crippen LogP contribution in [0.2, 0.25) is 5.02 Å². The fourth-order valence-electron chi connectivity index (χ4n) is 3.39. The van der Waals surface area contributed by atoms with Gasteiger partial charge in [-0.25, -0.2) is 15.0 Å². The summed E-state index contributed by atoms with van der Waals surface area (Å²) in [5.41, 5.74) is 3.63. The highest BCUT2D eigenvalue weighted by molar-refractivity contribution is 6.31. The van der Waals surface area contributed by atoms with Gasteiger partial charge in [0.2, 0.25) is 0 Å². The van der Waals surface area contributed by atoms with Crippen molar-refractivity contribution in [1.29, 1.82) is 0 Å². The second-order valence-corrected chi connectivity index (χ2v) is 7.61. The molecule has 154 valence electrons. The number of carbonyl (C=O) groups is 1. The fraction of sp³-hybridized carbons (Fsp3) is 0.286. The van der Waals surface area contributed by atoms with Crippen molar-refractivity contribution >= 4 is 28.4 Å². The highest BCUT2D eigenvalue weighted by Crippen LogP contribution is 2.25. The second kappa shape index (κ2) is 7.87. The molecule has 0 saturated carbocycles. The molecule has 1 N–H and O–H groups in total. The number of amides is 1. The van der Waals surface area contributed by atoms with Crippen LogP contribution in [-0.4, -0.2) is 47.6 Å². The van der Waals surface area contributed by atoms with Crippen LogP contribution in [0, 0.1) is 13.8 Å². The van der Waals surface area contributed by atoms with Crippen LogP contribution in [-0.2, 0) is 13.1 Å². The van der Waals surface area contributed by atoms with Crippen molar-refractivity contribution in [2.75, 3.05) is 7.05 Å². The summed E-state index contributed by atoms with van der Waals surface area (Å²) in [6.45, 7) is 7.10. The molecule has 9 heteroatoms. The van der Waals surface area contributed by atoms with Gasteiger partial charge < -0.3 is 9.88 Å². The van der Waals surface area contributed by atoms with Crippen LogP contribution in [0.15, 0.2) is 30.6 Å². The highest BCUT2D eigenvalue weighted by Gasteiger charge is 2.21. The van der Waals surface area contributed by atoms with Crippen LogP contribution in [0.3, 0.4) is 0 Å². The number of carbonyl (C=O) groups excluding carboxylic acids is 1. The Kier molecular flexibility index (Phi) is 5.26. The molecular formula is C21H22ClN7O. The average Bonchev–Trinajstić information content (AvgIpc) is 3.32. The van der Waals surface area contributed by atoms with E-state index in [0.717, 1.165) is 23.6 Å². The third kappa shape index (κ3) is 3.66. The van der Waals surface area contributed by atoms with Gasteiger partial charge in [0.25, 0.3) is 5.91 Å². The standard InChI is InChI=1S/C21H22ClN7O/c1-5-29-12(2)14(9-24-29)11-28(4)21(30)19-16-8-15(22)6-7-17(16)26-20(27-19)18-10-23-13(3)25-18/h6-10H,5,11H2,1-4H3,(H,23,25). The maximum absolute atomic E-state index is 13.4. The molecule has 3 aromatic heterocycles. The van der Waals surface area contributed by atoms with E-state index in [-0.39, 0.29) is 5.91 Å². The number of halogens is 1. The molecule has 1 aromatic carbocycles. The number of nitrogens with one attached hydrogen (secondary N) is 1. The van der Waals surface area contributed by atoms with Gasteiger partial charge in [-0.2, -0.15) is 5.10 Å². The Morgan fingerprint density at radius 3 is 2.70 bits per heavy atom. The van der Waals surface area contributed by atoms with Crippen LogP contribution in [0.5, 0.6) is 0 Å². The number of fused-ring (bicyclic) bond motifs is 1. The molecule has 0 aliphatic rings. The molecular weight excluding hydrogens is 402 g/mol. The Labute approximate surface area is 178 Å². The SMILES string of the molecule is CCn1ncc(CN(C)C(=O)c2nc(-c3cnc(C)[nH]3)nc3ccc(Cl)cc23)c1C. The first-order chi connectivity index (χ1) is 14.4. The van der Waals surface area contributed by atoms with E-state index >= 15 is 0 Å². The Hall–Kier alpha value is -3.26. The number of hydrogen-bond donors (Lipinski definition) is 1. The van der Waals surface area contributed by atoms with E-state index in [1.54, 1.807) is 42.5 Å². The van der Waals surface area contributed by atoms with Gasteiger partial charge in [-0.05, 0) is 39.0 Å². The van der Waals surface area contributed by atoms with Gasteiger partial charge in [-0.3, -0.25) is 9.48 Å². The number of aromatic nitrogens is 6. The number of nitrogens with zero attached hydrogens (tertiary/aromatic N) is 6. The van der Waals surface area contributed by atoms with Crippen molar-refractivity contribution in [2.24, 2.45) is 0 Å². The zero-order chi connectivity index (χ0) is 21.4. The van der Waals surface area contributed by atoms with Gasteiger partial charge in [0.15, 0.2) is 5.82 Å². The molecule has 0 bridgehead atoms. The first-order valence-corrected chi connectivity index (χ1v) is 10.0. The van der Waals surface area contributed by atoms with Crippen LogP contribution in [0.25, 0.3) is 22.4 Å². The largest absolute Gasteiger partial charge is 0.340 e. The molecule has 0 spiro atoms. The molecule has 4 aromatic rings. The van der Waals surface area contributed by atoms with E-state index in [9.17, 15) is 4.79 Å². The summed E-state index contributed by atoms with van der Waals surface area (Å²) in [6, 6.07) is 5.26. The van der Waals surface area contributed by atoms with Gasteiger partial charge >= 0.3 is 0 Å². The van der Waals surface area contributed by atoms with Gasteiger partial charge in [0.1, 0.15) is 17.2 Å². The lowest BCUT2D eigenvalue weighted by atomic mass is 10.1. The molecule has 0 aliphatic carbocycles. The van der Waals surface area contributed by atoms with Crippen molar-refractivity contribution in [2.45, 2.75) is 33.9 Å². The van der Waals surface area contributed by atoms with E-state index in [1.807, 2.05) is 25.5 Å². The molecule has 0 radical (unpaired) electrons. The first kappa shape index (κ1) is 20.0. The van der Waals surface area contributed by atoms with Crippen LogP contribution in [0.1, 0.15) is 34.5 Å². The molecule has 0 fully saturated rings. The first-order valence-electron chi connectivity index (χ1n) is 9.63. The molecule has 0 atom stereocenters. The molecule has 8 nitrogen and oxygen atoms in total. The normalized spacial score (nSPS) is 11.2. The Balaban J connectivity index is 1.76. The van der Waals surface area contributed by atoms with Crippen molar-refractivity contribution in [3.8, 4) is 11.5 Å². The molecule has 4 rings (SSSR count). The van der Waals surface area contributed by atoms with Crippen molar-refractivity contribution in [3.63, 3.8) is 0 Å². The third-order valence-electron chi connectivity index (χ3n) is 5.06. The van der Waals surface area contributed by atoms with E-state index in [2.05, 4.69) is 25.0 Å². The average molecular weight is 424 g/mol. The Morgan fingerprint density at radius 1 is 1.23 bits per heavy atom. The van der Waals surface area contributed by atoms with E-state index in [4.69, 9.17) is 11.6 Å². The number of aromatic amines is 1. The summed E-state index contributed by atoms with van der Waals surface area (Å²) in [4.78, 5) is 31.5. The minimum atomic E-state index is -0.217. The minimum absolute atomic E-state index is 0.217. The van der Waals surface area contributed by atoms with E-state index < -0.39 is 0 Å². The quantitative estimate of drug-likeness (QED) is 0.527. The molecule has 0 saturated heterocycles. The summed E-state index contributed by atoms with van der Waals surface area (Å²) < 4.78 is 1.91. The molecule has 1 amide bonds. The van der Waals surface area contributed by atoms with Crippen molar-refractivity contribution in [3.05, 3.63) is 58.4 Å². The number of imidazole rings is 1. The molecule has 3 heterocycles. The summed E-state index contributed by atoms with van der Waals surface area (Å²) >= 11 is 6.20. The maximum Gasteiger partial charge on any atom is 0.273 e. The third-order valence-corrected chi connectivity index (χ3v) is 5.30. The van der Waals surface area contributed by atoms with Gasteiger partial charge in [-0.1, -0.05) is 11.6 Å². The predicted octanol–water partition coefficient (Wildman–Crippen LogP) is 3.78. The van der Waals surface area contributed by atoms with Crippen molar-refractivity contribution < 1.29 is 4.79 Å². The molecule has 0 aliphatic heterocycles. The Bertz CT molecular complexity index is 1240. The summed E-state index contributed by atoms with van der Waals surface area (Å²) in [7, 11) is 1.75. The number of rotatable bonds is 5. The molecule has 0 unspecified atom stereocenters. The number of H-pyrrole nitrogens is 1.